The minimum Gasteiger partial charge on any atom is -0.315 e. The maximum Gasteiger partial charge on any atom is 0.0252 e. The van der Waals surface area contributed by atoms with Crippen LogP contribution in [0.15, 0.2) is 0 Å². The van der Waals surface area contributed by atoms with E-state index in [2.05, 4.69) is 38.0 Å². The van der Waals surface area contributed by atoms with Crippen LogP contribution in [-0.2, 0) is 0 Å². The smallest absolute Gasteiger partial charge is 0.0252 e. The van der Waals surface area contributed by atoms with Crippen LogP contribution in [0.3, 0.4) is 0 Å². The van der Waals surface area contributed by atoms with E-state index in [1.807, 2.05) is 0 Å². The Hall–Kier alpha value is -0.0800. The number of hydrogen-bond acceptors (Lipinski definition) is 2. The van der Waals surface area contributed by atoms with Crippen molar-refractivity contribution in [1.82, 2.24) is 10.2 Å². The van der Waals surface area contributed by atoms with E-state index in [4.69, 9.17) is 0 Å². The molecule has 118 valence electrons. The third kappa shape index (κ3) is 3.76. The number of rotatable bonds is 4. The largest absolute Gasteiger partial charge is 0.315 e. The first-order valence-electron chi connectivity index (χ1n) is 8.99. The Balaban J connectivity index is 2.05. The lowest BCUT2D eigenvalue weighted by Gasteiger charge is -2.47. The van der Waals surface area contributed by atoms with Gasteiger partial charge in [-0.15, -0.1) is 0 Å². The van der Waals surface area contributed by atoms with E-state index in [1.165, 1.54) is 64.5 Å². The summed E-state index contributed by atoms with van der Waals surface area (Å²) in [6.45, 7) is 10.0. The summed E-state index contributed by atoms with van der Waals surface area (Å²) in [6.07, 6.45) is 11.2. The molecule has 0 spiro atoms. The number of hydrogen-bond donors (Lipinski definition) is 1. The SMILES string of the molecule is CCC(C)(C)C1CCC(NC)C(N2CCCCCC2)C1. The molecule has 1 aliphatic carbocycles. The summed E-state index contributed by atoms with van der Waals surface area (Å²) >= 11 is 0. The molecule has 3 atom stereocenters. The topological polar surface area (TPSA) is 15.3 Å². The van der Waals surface area contributed by atoms with Crippen molar-refractivity contribution in [2.24, 2.45) is 11.3 Å². The minimum absolute atomic E-state index is 0.517. The van der Waals surface area contributed by atoms with Crippen LogP contribution in [0.25, 0.3) is 0 Å². The third-order valence-electron chi connectivity index (χ3n) is 6.31. The standard InChI is InChI=1S/C18H36N2/c1-5-18(2,3)15-10-11-16(19-4)17(14-15)20-12-8-6-7-9-13-20/h15-17,19H,5-14H2,1-4H3. The van der Waals surface area contributed by atoms with Crippen molar-refractivity contribution in [2.75, 3.05) is 20.1 Å². The lowest BCUT2D eigenvalue weighted by molar-refractivity contribution is 0.0534. The molecule has 0 radical (unpaired) electrons. The first-order chi connectivity index (χ1) is 9.58. The molecular weight excluding hydrogens is 244 g/mol. The van der Waals surface area contributed by atoms with Crippen LogP contribution < -0.4 is 5.32 Å². The summed E-state index contributed by atoms with van der Waals surface area (Å²) in [5.41, 5.74) is 0.517. The van der Waals surface area contributed by atoms with E-state index in [1.54, 1.807) is 0 Å². The molecule has 1 saturated carbocycles. The van der Waals surface area contributed by atoms with Gasteiger partial charge in [0.1, 0.15) is 0 Å². The van der Waals surface area contributed by atoms with Crippen LogP contribution >= 0.6 is 0 Å². The summed E-state index contributed by atoms with van der Waals surface area (Å²) in [6, 6.07) is 1.50. The zero-order valence-electron chi connectivity index (χ0n) is 14.3. The highest BCUT2D eigenvalue weighted by Crippen LogP contribution is 2.42. The fourth-order valence-corrected chi connectivity index (χ4v) is 4.31. The minimum atomic E-state index is 0.517. The van der Waals surface area contributed by atoms with Crippen LogP contribution in [0.2, 0.25) is 0 Å². The highest BCUT2D eigenvalue weighted by molar-refractivity contribution is 4.94. The molecule has 2 rings (SSSR count). The Kier molecular flexibility index (Phi) is 5.92. The van der Waals surface area contributed by atoms with Gasteiger partial charge in [0.05, 0.1) is 0 Å². The summed E-state index contributed by atoms with van der Waals surface area (Å²) in [5.74, 6) is 0.908. The Morgan fingerprint density at radius 1 is 1.05 bits per heavy atom. The van der Waals surface area contributed by atoms with Crippen molar-refractivity contribution in [3.63, 3.8) is 0 Å². The molecule has 2 aliphatic rings. The molecular formula is C18H36N2. The maximum atomic E-state index is 3.62. The fourth-order valence-electron chi connectivity index (χ4n) is 4.31. The van der Waals surface area contributed by atoms with Crippen molar-refractivity contribution in [2.45, 2.75) is 84.2 Å². The predicted molar refractivity (Wildman–Crippen MR) is 88.1 cm³/mol. The Bertz CT molecular complexity index is 279. The Morgan fingerprint density at radius 3 is 2.25 bits per heavy atom. The molecule has 1 aliphatic heterocycles. The van der Waals surface area contributed by atoms with Gasteiger partial charge >= 0.3 is 0 Å². The van der Waals surface area contributed by atoms with Crippen molar-refractivity contribution in [3.05, 3.63) is 0 Å². The van der Waals surface area contributed by atoms with E-state index in [9.17, 15) is 0 Å². The Labute approximate surface area is 126 Å². The van der Waals surface area contributed by atoms with Gasteiger partial charge in [-0.25, -0.2) is 0 Å². The fraction of sp³-hybridized carbons (Fsp3) is 1.00. The Morgan fingerprint density at radius 2 is 1.70 bits per heavy atom. The average Bonchev–Trinajstić information content (AvgIpc) is 2.75. The quantitative estimate of drug-likeness (QED) is 0.835. The molecule has 1 heterocycles. The van der Waals surface area contributed by atoms with Gasteiger partial charge in [-0.3, -0.25) is 4.90 Å². The summed E-state index contributed by atoms with van der Waals surface area (Å²) in [4.78, 5) is 2.83. The highest BCUT2D eigenvalue weighted by Gasteiger charge is 2.38. The van der Waals surface area contributed by atoms with E-state index >= 15 is 0 Å². The lowest BCUT2D eigenvalue weighted by atomic mass is 9.67. The summed E-state index contributed by atoms with van der Waals surface area (Å²) in [5, 5.41) is 3.62. The maximum absolute atomic E-state index is 3.62. The molecule has 1 saturated heterocycles. The second-order valence-corrected chi connectivity index (χ2v) is 7.76. The van der Waals surface area contributed by atoms with Gasteiger partial charge in [-0.2, -0.15) is 0 Å². The van der Waals surface area contributed by atoms with Crippen LogP contribution in [0, 0.1) is 11.3 Å². The van der Waals surface area contributed by atoms with E-state index in [-0.39, 0.29) is 0 Å². The van der Waals surface area contributed by atoms with Gasteiger partial charge in [-0.05, 0) is 63.6 Å². The number of nitrogens with zero attached hydrogens (tertiary/aromatic N) is 1. The molecule has 1 N–H and O–H groups in total. The summed E-state index contributed by atoms with van der Waals surface area (Å²) < 4.78 is 0. The molecule has 20 heavy (non-hydrogen) atoms. The van der Waals surface area contributed by atoms with E-state index in [0.717, 1.165) is 18.0 Å². The first-order valence-corrected chi connectivity index (χ1v) is 8.99. The highest BCUT2D eigenvalue weighted by atomic mass is 15.2. The van der Waals surface area contributed by atoms with Gasteiger partial charge in [0.15, 0.2) is 0 Å². The molecule has 0 amide bonds. The second kappa shape index (κ2) is 7.26. The van der Waals surface area contributed by atoms with Crippen molar-refractivity contribution >= 4 is 0 Å². The molecule has 2 heteroatoms. The second-order valence-electron chi connectivity index (χ2n) is 7.76. The van der Waals surface area contributed by atoms with Crippen LogP contribution in [0.5, 0.6) is 0 Å². The van der Waals surface area contributed by atoms with Crippen molar-refractivity contribution in [3.8, 4) is 0 Å². The third-order valence-corrected chi connectivity index (χ3v) is 6.31. The van der Waals surface area contributed by atoms with Gasteiger partial charge in [-0.1, -0.05) is 40.0 Å². The van der Waals surface area contributed by atoms with Gasteiger partial charge < -0.3 is 5.32 Å². The molecule has 0 bridgehead atoms. The molecule has 2 fully saturated rings. The average molecular weight is 280 g/mol. The molecule has 0 aromatic carbocycles. The molecule has 3 unspecified atom stereocenters. The van der Waals surface area contributed by atoms with E-state index in [0.29, 0.717) is 5.41 Å². The lowest BCUT2D eigenvalue weighted by Crippen LogP contribution is -2.54. The number of likely N-dealkylation sites (N-methyl/N-ethyl adjacent to an activating group) is 1. The molecule has 2 nitrogen and oxygen atoms in total. The first kappa shape index (κ1) is 16.3. The van der Waals surface area contributed by atoms with Crippen LogP contribution in [0.1, 0.15) is 72.1 Å². The predicted octanol–water partition coefficient (Wildman–Crippen LogP) is 4.06. The van der Waals surface area contributed by atoms with Crippen molar-refractivity contribution in [1.29, 1.82) is 0 Å². The molecule has 0 aromatic rings. The number of nitrogens with one attached hydrogen (secondary N) is 1. The van der Waals surface area contributed by atoms with Gasteiger partial charge in [0, 0.05) is 12.1 Å². The van der Waals surface area contributed by atoms with E-state index < -0.39 is 0 Å². The monoisotopic (exact) mass is 280 g/mol. The normalized spacial score (nSPS) is 33.9. The zero-order valence-corrected chi connectivity index (χ0v) is 14.3. The zero-order chi connectivity index (χ0) is 14.6. The van der Waals surface area contributed by atoms with Crippen molar-refractivity contribution < 1.29 is 0 Å². The number of likely N-dealkylation sites (tertiary alicyclic amines) is 1. The van der Waals surface area contributed by atoms with Gasteiger partial charge in [0.25, 0.3) is 0 Å². The van der Waals surface area contributed by atoms with Crippen LogP contribution in [0.4, 0.5) is 0 Å². The summed E-state index contributed by atoms with van der Waals surface area (Å²) in [7, 11) is 2.17. The van der Waals surface area contributed by atoms with Crippen LogP contribution in [-0.4, -0.2) is 37.1 Å². The molecule has 0 aromatic heterocycles. The van der Waals surface area contributed by atoms with Gasteiger partial charge in [0.2, 0.25) is 0 Å².